The molecule has 178 valence electrons. The molecule has 0 radical (unpaired) electrons. The molecular weight excluding hydrogens is 428 g/mol. The molecule has 4 nitrogen and oxygen atoms in total. The zero-order valence-electron chi connectivity index (χ0n) is 20.4. The average molecular weight is 471 g/mol. The minimum Gasteiger partial charge on any atom is -0.481 e. The molecule has 0 aromatic heterocycles. The maximum atomic E-state index is 12.9. The molecule has 0 saturated carbocycles. The van der Waals surface area contributed by atoms with E-state index < -0.39 is 19.9 Å². The van der Waals surface area contributed by atoms with Crippen molar-refractivity contribution in [1.82, 2.24) is 0 Å². The number of ketones is 1. The first-order chi connectivity index (χ1) is 14.4. The van der Waals surface area contributed by atoms with Crippen LogP contribution in [0.25, 0.3) is 0 Å². The highest BCUT2D eigenvalue weighted by molar-refractivity contribution is 6.70. The number of carboxylic acid groups (broad SMARTS) is 1. The Labute approximate surface area is 195 Å². The fourth-order valence-electron chi connectivity index (χ4n) is 4.15. The number of halogens is 1. The van der Waals surface area contributed by atoms with Crippen molar-refractivity contribution in [2.75, 3.05) is 0 Å². The van der Waals surface area contributed by atoms with Gasteiger partial charge in [0.05, 0.1) is 5.03 Å². The molecule has 1 N–H and O–H groups in total. The second-order valence-electron chi connectivity index (χ2n) is 10.5. The number of carbonyl (C=O) groups is 2. The lowest BCUT2D eigenvalue weighted by molar-refractivity contribution is -0.137. The lowest BCUT2D eigenvalue weighted by atomic mass is 9.86. The minimum absolute atomic E-state index is 0.113. The zero-order valence-corrected chi connectivity index (χ0v) is 22.2. The number of Topliss-reactive ketones (excluding diaryl/α,β-unsaturated/α-hetero) is 1. The lowest BCUT2D eigenvalue weighted by Gasteiger charge is -2.36. The molecular formula is C25H43ClO4Si. The van der Waals surface area contributed by atoms with Crippen molar-refractivity contribution in [2.24, 2.45) is 11.8 Å². The zero-order chi connectivity index (χ0) is 23.7. The molecule has 0 aromatic carbocycles. The van der Waals surface area contributed by atoms with Crippen LogP contribution >= 0.6 is 11.6 Å². The molecule has 2 unspecified atom stereocenters. The Morgan fingerprint density at radius 3 is 2.39 bits per heavy atom. The second-order valence-corrected chi connectivity index (χ2v) is 15.3. The van der Waals surface area contributed by atoms with Gasteiger partial charge in [-0.15, -0.1) is 0 Å². The highest BCUT2D eigenvalue weighted by Gasteiger charge is 2.46. The van der Waals surface area contributed by atoms with Crippen LogP contribution in [0.2, 0.25) is 19.6 Å². The third-order valence-corrected chi connectivity index (χ3v) is 6.95. The van der Waals surface area contributed by atoms with Crippen molar-refractivity contribution in [1.29, 1.82) is 0 Å². The van der Waals surface area contributed by atoms with Crippen LogP contribution in [0.15, 0.2) is 22.8 Å². The van der Waals surface area contributed by atoms with E-state index in [2.05, 4.69) is 40.4 Å². The molecule has 31 heavy (non-hydrogen) atoms. The Kier molecular flexibility index (Phi) is 11.8. The van der Waals surface area contributed by atoms with Crippen molar-refractivity contribution >= 4 is 31.7 Å². The van der Waals surface area contributed by atoms with Crippen LogP contribution in [0.4, 0.5) is 0 Å². The molecule has 0 bridgehead atoms. The quantitative estimate of drug-likeness (QED) is 0.153. The third-order valence-electron chi connectivity index (χ3n) is 5.70. The number of hydrogen-bond donors (Lipinski definition) is 1. The third kappa shape index (κ3) is 10.5. The summed E-state index contributed by atoms with van der Waals surface area (Å²) in [5.74, 6) is 0.428. The summed E-state index contributed by atoms with van der Waals surface area (Å²) in [7, 11) is -1.94. The van der Waals surface area contributed by atoms with Crippen LogP contribution in [-0.2, 0) is 14.0 Å². The predicted octanol–water partition coefficient (Wildman–Crippen LogP) is 7.49. The largest absolute Gasteiger partial charge is 0.481 e. The summed E-state index contributed by atoms with van der Waals surface area (Å²) >= 11 is 6.34. The predicted molar refractivity (Wildman–Crippen MR) is 132 cm³/mol. The van der Waals surface area contributed by atoms with Crippen LogP contribution in [0, 0.1) is 11.8 Å². The summed E-state index contributed by atoms with van der Waals surface area (Å²) in [6, 6.07) is 0. The van der Waals surface area contributed by atoms with Gasteiger partial charge in [-0.25, -0.2) is 0 Å². The summed E-state index contributed by atoms with van der Waals surface area (Å²) in [5, 5.41) is 9.04. The highest BCUT2D eigenvalue weighted by Crippen LogP contribution is 2.42. The van der Waals surface area contributed by atoms with Gasteiger partial charge >= 0.3 is 5.97 Å². The SMILES string of the molecule is CC(C)CCCC(C)CCC1(O[Si](C)(C)C)C=C(Cl)C(=O)/C1=C/CCCCCC(=O)O. The summed E-state index contributed by atoms with van der Waals surface area (Å²) in [6.07, 6.45) is 12.6. The van der Waals surface area contributed by atoms with Gasteiger partial charge in [0, 0.05) is 12.0 Å². The molecule has 0 amide bonds. The van der Waals surface area contributed by atoms with Gasteiger partial charge in [0.2, 0.25) is 5.78 Å². The summed E-state index contributed by atoms with van der Waals surface area (Å²) in [6.45, 7) is 13.3. The van der Waals surface area contributed by atoms with E-state index >= 15 is 0 Å². The molecule has 0 fully saturated rings. The van der Waals surface area contributed by atoms with Crippen molar-refractivity contribution in [3.8, 4) is 0 Å². The Morgan fingerprint density at radius 2 is 1.81 bits per heavy atom. The highest BCUT2D eigenvalue weighted by atomic mass is 35.5. The number of hydrogen-bond acceptors (Lipinski definition) is 3. The molecule has 0 aliphatic heterocycles. The Morgan fingerprint density at radius 1 is 1.13 bits per heavy atom. The number of rotatable bonds is 15. The van der Waals surface area contributed by atoms with Crippen molar-refractivity contribution in [3.63, 3.8) is 0 Å². The first-order valence-corrected chi connectivity index (χ1v) is 15.7. The van der Waals surface area contributed by atoms with Gasteiger partial charge in [-0.2, -0.15) is 0 Å². The Balaban J connectivity index is 2.89. The molecule has 0 heterocycles. The van der Waals surface area contributed by atoms with Crippen LogP contribution < -0.4 is 0 Å². The summed E-state index contributed by atoms with van der Waals surface area (Å²) in [4.78, 5) is 23.6. The van der Waals surface area contributed by atoms with Gasteiger partial charge in [0.1, 0.15) is 5.60 Å². The fraction of sp³-hybridized carbons (Fsp3) is 0.760. The maximum absolute atomic E-state index is 12.9. The van der Waals surface area contributed by atoms with Gasteiger partial charge in [-0.05, 0) is 69.7 Å². The van der Waals surface area contributed by atoms with E-state index in [1.54, 1.807) is 0 Å². The monoisotopic (exact) mass is 470 g/mol. The van der Waals surface area contributed by atoms with Crippen molar-refractivity contribution in [3.05, 3.63) is 22.8 Å². The number of allylic oxidation sites excluding steroid dienone is 2. The minimum atomic E-state index is -1.94. The van der Waals surface area contributed by atoms with Crippen LogP contribution in [0.1, 0.15) is 85.0 Å². The Bertz CT molecular complexity index is 663. The molecule has 6 heteroatoms. The number of aliphatic carboxylic acids is 1. The Hall–Kier alpha value is -0.913. The molecule has 1 rings (SSSR count). The normalized spacial score (nSPS) is 21.7. The van der Waals surface area contributed by atoms with E-state index in [-0.39, 0.29) is 17.2 Å². The fourth-order valence-corrected chi connectivity index (χ4v) is 5.79. The molecule has 1 aliphatic carbocycles. The van der Waals surface area contributed by atoms with Gasteiger partial charge in [0.15, 0.2) is 8.32 Å². The van der Waals surface area contributed by atoms with Crippen molar-refractivity contribution in [2.45, 2.75) is 110 Å². The first kappa shape index (κ1) is 28.1. The number of unbranched alkanes of at least 4 members (excludes halogenated alkanes) is 3. The maximum Gasteiger partial charge on any atom is 0.303 e. The van der Waals surface area contributed by atoms with Crippen LogP contribution in [0.5, 0.6) is 0 Å². The standard InChI is InChI=1S/C25H43ClO4Si/c1-19(2)12-11-13-20(3)16-17-25(30-31(4,5)6)18-22(26)24(29)21(25)14-9-7-8-10-15-23(27)28/h14,18-20H,7-13,15-17H2,1-6H3,(H,27,28)/b21-14-. The van der Waals surface area contributed by atoms with Gasteiger partial charge in [-0.1, -0.05) is 64.1 Å². The van der Waals surface area contributed by atoms with E-state index in [4.69, 9.17) is 21.1 Å². The van der Waals surface area contributed by atoms with E-state index in [0.717, 1.165) is 38.0 Å². The molecule has 2 atom stereocenters. The lowest BCUT2D eigenvalue weighted by Crippen LogP contribution is -2.42. The summed E-state index contributed by atoms with van der Waals surface area (Å²) < 4.78 is 6.65. The van der Waals surface area contributed by atoms with Gasteiger partial charge in [0.25, 0.3) is 0 Å². The molecule has 0 spiro atoms. The van der Waals surface area contributed by atoms with E-state index in [1.165, 1.54) is 19.3 Å². The topological polar surface area (TPSA) is 63.6 Å². The van der Waals surface area contributed by atoms with Crippen LogP contribution in [0.3, 0.4) is 0 Å². The first-order valence-electron chi connectivity index (χ1n) is 11.9. The molecule has 0 aromatic rings. The molecule has 1 aliphatic rings. The van der Waals surface area contributed by atoms with Gasteiger partial charge in [-0.3, -0.25) is 9.59 Å². The van der Waals surface area contributed by atoms with Crippen molar-refractivity contribution < 1.29 is 19.1 Å². The average Bonchev–Trinajstić information content (AvgIpc) is 2.85. The van der Waals surface area contributed by atoms with Gasteiger partial charge < -0.3 is 9.53 Å². The second kappa shape index (κ2) is 13.0. The smallest absolute Gasteiger partial charge is 0.303 e. The number of carboxylic acids is 1. The number of carbonyl (C=O) groups excluding carboxylic acids is 1. The van der Waals surface area contributed by atoms with E-state index in [1.807, 2.05) is 12.2 Å². The van der Waals surface area contributed by atoms with E-state index in [9.17, 15) is 9.59 Å². The molecule has 0 saturated heterocycles. The van der Waals surface area contributed by atoms with E-state index in [0.29, 0.717) is 17.9 Å². The summed E-state index contributed by atoms with van der Waals surface area (Å²) in [5.41, 5.74) is -0.0287. The van der Waals surface area contributed by atoms with Crippen LogP contribution in [-0.4, -0.2) is 30.8 Å².